The summed E-state index contributed by atoms with van der Waals surface area (Å²) in [6.07, 6.45) is 3.60. The van der Waals surface area contributed by atoms with Gasteiger partial charge in [-0.2, -0.15) is 0 Å². The molecule has 0 fully saturated rings. The van der Waals surface area contributed by atoms with Crippen LogP contribution < -0.4 is 0 Å². The summed E-state index contributed by atoms with van der Waals surface area (Å²) in [5.74, 6) is -2.52. The van der Waals surface area contributed by atoms with E-state index in [9.17, 15) is 30.3 Å². The number of ketones is 1. The molecular formula is C17H14O6. The van der Waals surface area contributed by atoms with E-state index in [4.69, 9.17) is 0 Å². The lowest BCUT2D eigenvalue weighted by Crippen LogP contribution is -1.96. The standard InChI is InChI=1S/C17H14O6/c18-12-4-1-10(7-15(12)21)2-5-13(19)16(22)8-11-3-6-14(20)17(23)9-11/h1-9,18,20-23H/b5-2?,16-8-. The molecule has 0 aliphatic heterocycles. The van der Waals surface area contributed by atoms with Crippen molar-refractivity contribution in [3.8, 4) is 23.0 Å². The number of aliphatic hydroxyl groups excluding tert-OH is 1. The first-order chi connectivity index (χ1) is 10.9. The number of allylic oxidation sites excluding steroid dienone is 1. The van der Waals surface area contributed by atoms with Crippen molar-refractivity contribution in [2.75, 3.05) is 0 Å². The second-order valence-corrected chi connectivity index (χ2v) is 4.72. The summed E-state index contributed by atoms with van der Waals surface area (Å²) in [7, 11) is 0. The van der Waals surface area contributed by atoms with Crippen molar-refractivity contribution >= 4 is 17.9 Å². The Balaban J connectivity index is 2.15. The van der Waals surface area contributed by atoms with Crippen LogP contribution in [-0.2, 0) is 4.79 Å². The first-order valence-corrected chi connectivity index (χ1v) is 6.54. The largest absolute Gasteiger partial charge is 0.504 e. The number of phenols is 4. The van der Waals surface area contributed by atoms with Gasteiger partial charge in [-0.3, -0.25) is 4.79 Å². The van der Waals surface area contributed by atoms with Crippen LogP contribution >= 0.6 is 0 Å². The van der Waals surface area contributed by atoms with E-state index in [1.54, 1.807) is 0 Å². The average molecular weight is 314 g/mol. The highest BCUT2D eigenvalue weighted by Crippen LogP contribution is 2.26. The Kier molecular flexibility index (Phi) is 4.56. The van der Waals surface area contributed by atoms with Crippen LogP contribution in [0, 0.1) is 0 Å². The predicted octanol–water partition coefficient (Wildman–Crippen LogP) is 2.69. The van der Waals surface area contributed by atoms with Crippen LogP contribution in [0.2, 0.25) is 0 Å². The third kappa shape index (κ3) is 4.04. The molecule has 118 valence electrons. The smallest absolute Gasteiger partial charge is 0.220 e. The van der Waals surface area contributed by atoms with Crippen molar-refractivity contribution in [3.05, 3.63) is 59.4 Å². The lowest BCUT2D eigenvalue weighted by Gasteiger charge is -2.00. The van der Waals surface area contributed by atoms with Gasteiger partial charge in [0.25, 0.3) is 0 Å². The minimum Gasteiger partial charge on any atom is -0.504 e. The van der Waals surface area contributed by atoms with Crippen LogP contribution in [0.15, 0.2) is 48.2 Å². The maximum Gasteiger partial charge on any atom is 0.220 e. The zero-order valence-corrected chi connectivity index (χ0v) is 11.8. The van der Waals surface area contributed by atoms with Gasteiger partial charge in [0, 0.05) is 0 Å². The van der Waals surface area contributed by atoms with Crippen molar-refractivity contribution < 1.29 is 30.3 Å². The van der Waals surface area contributed by atoms with Crippen molar-refractivity contribution in [3.63, 3.8) is 0 Å². The van der Waals surface area contributed by atoms with Gasteiger partial charge in [-0.1, -0.05) is 18.2 Å². The van der Waals surface area contributed by atoms with Gasteiger partial charge in [-0.05, 0) is 47.5 Å². The second kappa shape index (κ2) is 6.57. The fourth-order valence-corrected chi connectivity index (χ4v) is 1.76. The number of carbonyl (C=O) groups is 1. The molecule has 0 atom stereocenters. The molecule has 2 aromatic carbocycles. The van der Waals surface area contributed by atoms with Gasteiger partial charge in [0.2, 0.25) is 5.78 Å². The van der Waals surface area contributed by atoms with Crippen LogP contribution in [-0.4, -0.2) is 31.3 Å². The Morgan fingerprint density at radius 2 is 1.30 bits per heavy atom. The molecule has 0 radical (unpaired) electrons. The van der Waals surface area contributed by atoms with Gasteiger partial charge >= 0.3 is 0 Å². The molecule has 0 bridgehead atoms. The molecule has 2 aromatic rings. The van der Waals surface area contributed by atoms with E-state index in [0.29, 0.717) is 11.1 Å². The molecule has 2 rings (SSSR count). The van der Waals surface area contributed by atoms with Crippen molar-refractivity contribution in [2.45, 2.75) is 0 Å². The van der Waals surface area contributed by atoms with Crippen LogP contribution in [0.5, 0.6) is 23.0 Å². The summed E-state index contributed by atoms with van der Waals surface area (Å²) in [4.78, 5) is 11.8. The Labute approximate surface area is 131 Å². The molecule has 0 amide bonds. The zero-order valence-electron chi connectivity index (χ0n) is 11.8. The summed E-state index contributed by atoms with van der Waals surface area (Å²) in [5.41, 5.74) is 0.797. The zero-order chi connectivity index (χ0) is 17.0. The monoisotopic (exact) mass is 314 g/mol. The minimum atomic E-state index is -0.690. The molecule has 6 heteroatoms. The Morgan fingerprint density at radius 1 is 0.783 bits per heavy atom. The molecule has 23 heavy (non-hydrogen) atoms. The number of phenolic OH excluding ortho intramolecular Hbond substituents is 4. The topological polar surface area (TPSA) is 118 Å². The van der Waals surface area contributed by atoms with E-state index in [-0.39, 0.29) is 23.0 Å². The second-order valence-electron chi connectivity index (χ2n) is 4.72. The van der Waals surface area contributed by atoms with Gasteiger partial charge in [-0.25, -0.2) is 0 Å². The summed E-state index contributed by atoms with van der Waals surface area (Å²) in [5, 5.41) is 46.8. The highest BCUT2D eigenvalue weighted by molar-refractivity contribution is 6.07. The molecule has 6 nitrogen and oxygen atoms in total. The van der Waals surface area contributed by atoms with E-state index in [2.05, 4.69) is 0 Å². The molecule has 5 N–H and O–H groups in total. The van der Waals surface area contributed by atoms with Crippen LogP contribution in [0.25, 0.3) is 12.2 Å². The summed E-state index contributed by atoms with van der Waals surface area (Å²) < 4.78 is 0. The molecule has 0 aliphatic carbocycles. The first kappa shape index (κ1) is 16.0. The average Bonchev–Trinajstić information content (AvgIpc) is 2.51. The maximum atomic E-state index is 11.8. The van der Waals surface area contributed by atoms with E-state index in [1.807, 2.05) is 0 Å². The van der Waals surface area contributed by atoms with Gasteiger partial charge < -0.3 is 25.5 Å². The number of hydrogen-bond donors (Lipinski definition) is 5. The molecule has 0 heterocycles. The Morgan fingerprint density at radius 3 is 1.87 bits per heavy atom. The van der Waals surface area contributed by atoms with Crippen molar-refractivity contribution in [1.82, 2.24) is 0 Å². The van der Waals surface area contributed by atoms with Gasteiger partial charge in [0.15, 0.2) is 28.8 Å². The number of hydrogen-bond acceptors (Lipinski definition) is 6. The molecule has 0 spiro atoms. The SMILES string of the molecule is O=C(C=Cc1ccc(O)c(O)c1)/C(O)=C/c1ccc(O)c(O)c1. The Hall–Kier alpha value is -3.41. The van der Waals surface area contributed by atoms with E-state index in [1.165, 1.54) is 42.5 Å². The predicted molar refractivity (Wildman–Crippen MR) is 84.2 cm³/mol. The number of benzene rings is 2. The number of aromatic hydroxyl groups is 4. The number of carbonyl (C=O) groups excluding carboxylic acids is 1. The third-order valence-corrected chi connectivity index (χ3v) is 2.98. The molecule has 0 saturated heterocycles. The van der Waals surface area contributed by atoms with E-state index >= 15 is 0 Å². The van der Waals surface area contributed by atoms with Crippen molar-refractivity contribution in [1.29, 1.82) is 0 Å². The number of rotatable bonds is 4. The fourth-order valence-electron chi connectivity index (χ4n) is 1.76. The molecule has 0 unspecified atom stereocenters. The minimum absolute atomic E-state index is 0.275. The normalized spacial score (nSPS) is 11.7. The van der Waals surface area contributed by atoms with Crippen molar-refractivity contribution in [2.24, 2.45) is 0 Å². The van der Waals surface area contributed by atoms with Crippen LogP contribution in [0.1, 0.15) is 11.1 Å². The summed E-state index contributed by atoms with van der Waals surface area (Å²) >= 11 is 0. The van der Waals surface area contributed by atoms with E-state index < -0.39 is 11.5 Å². The van der Waals surface area contributed by atoms with E-state index in [0.717, 1.165) is 12.2 Å². The lowest BCUT2D eigenvalue weighted by atomic mass is 10.1. The third-order valence-electron chi connectivity index (χ3n) is 2.98. The maximum absolute atomic E-state index is 11.8. The van der Waals surface area contributed by atoms with Gasteiger partial charge in [0.1, 0.15) is 0 Å². The highest BCUT2D eigenvalue weighted by atomic mass is 16.3. The molecule has 0 aromatic heterocycles. The molecule has 0 aliphatic rings. The lowest BCUT2D eigenvalue weighted by molar-refractivity contribution is -0.113. The van der Waals surface area contributed by atoms with Gasteiger partial charge in [0.05, 0.1) is 0 Å². The van der Waals surface area contributed by atoms with Gasteiger partial charge in [-0.15, -0.1) is 0 Å². The Bertz CT molecular complexity index is 805. The highest BCUT2D eigenvalue weighted by Gasteiger charge is 2.06. The summed E-state index contributed by atoms with van der Waals surface area (Å²) in [6.45, 7) is 0. The number of aliphatic hydroxyl groups is 1. The quantitative estimate of drug-likeness (QED) is 0.336. The molecule has 0 saturated carbocycles. The fraction of sp³-hybridized carbons (Fsp3) is 0. The summed E-state index contributed by atoms with van der Waals surface area (Å²) in [6, 6.07) is 7.86. The molecular weight excluding hydrogens is 300 g/mol. The van der Waals surface area contributed by atoms with Crippen LogP contribution in [0.3, 0.4) is 0 Å². The van der Waals surface area contributed by atoms with Crippen LogP contribution in [0.4, 0.5) is 0 Å². The first-order valence-electron chi connectivity index (χ1n) is 6.54.